The van der Waals surface area contributed by atoms with E-state index in [1.54, 1.807) is 37.0 Å². The molecule has 0 aliphatic heterocycles. The fraction of sp³-hybridized carbons (Fsp3) is 0.200. The Labute approximate surface area is 85.9 Å². The third-order valence-electron chi connectivity index (χ3n) is 2.09. The van der Waals surface area contributed by atoms with Gasteiger partial charge in [-0.05, 0) is 6.92 Å². The van der Waals surface area contributed by atoms with E-state index in [1.807, 2.05) is 0 Å². The fourth-order valence-corrected chi connectivity index (χ4v) is 1.45. The number of hydrogen-bond donors (Lipinski definition) is 1. The first kappa shape index (κ1) is 9.51. The molecule has 0 bridgehead atoms. The lowest BCUT2D eigenvalue weighted by Crippen LogP contribution is -1.96. The Kier molecular flexibility index (Phi) is 2.07. The average Bonchev–Trinajstić information content (AvgIpc) is 2.71. The van der Waals surface area contributed by atoms with Crippen LogP contribution in [0.15, 0.2) is 23.0 Å². The van der Waals surface area contributed by atoms with Crippen LogP contribution in [0.25, 0.3) is 11.3 Å². The van der Waals surface area contributed by atoms with Crippen molar-refractivity contribution in [2.45, 2.75) is 6.92 Å². The molecule has 2 aromatic rings. The standard InChI is InChI=1S/C10H10N2O3/c1-6-3-9(11-15-6)7-4-12(2)5-8(7)10(13)14/h3-5H,1-2H3,(H,13,14). The van der Waals surface area contributed by atoms with Crippen molar-refractivity contribution in [2.24, 2.45) is 7.05 Å². The maximum absolute atomic E-state index is 10.9. The number of carbonyl (C=O) groups is 1. The number of carboxylic acids is 1. The molecule has 0 saturated heterocycles. The number of carboxylic acid groups (broad SMARTS) is 1. The van der Waals surface area contributed by atoms with Crippen LogP contribution < -0.4 is 0 Å². The van der Waals surface area contributed by atoms with Crippen molar-refractivity contribution in [1.29, 1.82) is 0 Å². The highest BCUT2D eigenvalue weighted by Crippen LogP contribution is 2.23. The molecule has 15 heavy (non-hydrogen) atoms. The zero-order chi connectivity index (χ0) is 11.0. The summed E-state index contributed by atoms with van der Waals surface area (Å²) >= 11 is 0. The second-order valence-corrected chi connectivity index (χ2v) is 3.38. The van der Waals surface area contributed by atoms with Crippen molar-refractivity contribution in [3.63, 3.8) is 0 Å². The molecule has 2 rings (SSSR count). The lowest BCUT2D eigenvalue weighted by atomic mass is 10.1. The summed E-state index contributed by atoms with van der Waals surface area (Å²) in [5.74, 6) is -0.309. The van der Waals surface area contributed by atoms with Crippen LogP contribution in [0.5, 0.6) is 0 Å². The first-order valence-electron chi connectivity index (χ1n) is 4.41. The predicted molar refractivity (Wildman–Crippen MR) is 52.6 cm³/mol. The molecule has 0 aromatic carbocycles. The average molecular weight is 206 g/mol. The topological polar surface area (TPSA) is 68.3 Å². The molecule has 0 saturated carbocycles. The molecule has 0 amide bonds. The van der Waals surface area contributed by atoms with Gasteiger partial charge < -0.3 is 14.2 Å². The van der Waals surface area contributed by atoms with Gasteiger partial charge in [-0.1, -0.05) is 5.16 Å². The van der Waals surface area contributed by atoms with Gasteiger partial charge in [0, 0.05) is 31.1 Å². The van der Waals surface area contributed by atoms with Gasteiger partial charge >= 0.3 is 5.97 Å². The van der Waals surface area contributed by atoms with E-state index in [0.29, 0.717) is 17.0 Å². The Morgan fingerprint density at radius 3 is 2.80 bits per heavy atom. The van der Waals surface area contributed by atoms with E-state index in [2.05, 4.69) is 5.16 Å². The van der Waals surface area contributed by atoms with Gasteiger partial charge in [-0.3, -0.25) is 0 Å². The lowest BCUT2D eigenvalue weighted by Gasteiger charge is -1.92. The van der Waals surface area contributed by atoms with Gasteiger partial charge in [0.15, 0.2) is 0 Å². The smallest absolute Gasteiger partial charge is 0.337 e. The molecular weight excluding hydrogens is 196 g/mol. The molecular formula is C10H10N2O3. The van der Waals surface area contributed by atoms with Gasteiger partial charge in [0.05, 0.1) is 5.56 Å². The summed E-state index contributed by atoms with van der Waals surface area (Å²) in [6.45, 7) is 1.76. The van der Waals surface area contributed by atoms with Crippen LogP contribution in [-0.4, -0.2) is 20.8 Å². The maximum atomic E-state index is 10.9. The third kappa shape index (κ3) is 1.63. The summed E-state index contributed by atoms with van der Waals surface area (Å²) in [5.41, 5.74) is 1.35. The summed E-state index contributed by atoms with van der Waals surface area (Å²) in [6, 6.07) is 1.71. The summed E-state index contributed by atoms with van der Waals surface area (Å²) in [6.07, 6.45) is 3.25. The van der Waals surface area contributed by atoms with Crippen LogP contribution in [0.3, 0.4) is 0 Å². The van der Waals surface area contributed by atoms with E-state index in [1.165, 1.54) is 0 Å². The summed E-state index contributed by atoms with van der Waals surface area (Å²) in [5, 5.41) is 12.8. The number of nitrogens with zero attached hydrogens (tertiary/aromatic N) is 2. The molecule has 0 aliphatic rings. The molecule has 0 aliphatic carbocycles. The van der Waals surface area contributed by atoms with Crippen LogP contribution >= 0.6 is 0 Å². The molecule has 0 unspecified atom stereocenters. The summed E-state index contributed by atoms with van der Waals surface area (Å²) in [7, 11) is 1.77. The molecule has 5 nitrogen and oxygen atoms in total. The van der Waals surface area contributed by atoms with E-state index < -0.39 is 5.97 Å². The Morgan fingerprint density at radius 2 is 2.27 bits per heavy atom. The molecule has 2 heterocycles. The third-order valence-corrected chi connectivity index (χ3v) is 2.09. The fourth-order valence-electron chi connectivity index (χ4n) is 1.45. The van der Waals surface area contributed by atoms with Crippen LogP contribution in [0.1, 0.15) is 16.1 Å². The highest BCUT2D eigenvalue weighted by Gasteiger charge is 2.16. The summed E-state index contributed by atoms with van der Waals surface area (Å²) < 4.78 is 6.59. The second-order valence-electron chi connectivity index (χ2n) is 3.38. The Bertz CT molecular complexity index is 510. The van der Waals surface area contributed by atoms with E-state index in [-0.39, 0.29) is 5.56 Å². The molecule has 0 radical (unpaired) electrons. The van der Waals surface area contributed by atoms with Gasteiger partial charge in [0.25, 0.3) is 0 Å². The van der Waals surface area contributed by atoms with Gasteiger partial charge in [0.2, 0.25) is 0 Å². The van der Waals surface area contributed by atoms with Crippen LogP contribution in [0, 0.1) is 6.92 Å². The zero-order valence-corrected chi connectivity index (χ0v) is 8.39. The molecule has 1 N–H and O–H groups in total. The van der Waals surface area contributed by atoms with Gasteiger partial charge in [-0.25, -0.2) is 4.79 Å². The minimum absolute atomic E-state index is 0.228. The highest BCUT2D eigenvalue weighted by atomic mass is 16.5. The number of aromatic nitrogens is 2. The Hall–Kier alpha value is -2.04. The second kappa shape index (κ2) is 3.27. The minimum Gasteiger partial charge on any atom is -0.478 e. The van der Waals surface area contributed by atoms with Crippen molar-refractivity contribution in [3.8, 4) is 11.3 Å². The maximum Gasteiger partial charge on any atom is 0.337 e. The van der Waals surface area contributed by atoms with E-state index in [0.717, 1.165) is 0 Å². The highest BCUT2D eigenvalue weighted by molar-refractivity contribution is 5.95. The molecule has 0 fully saturated rings. The van der Waals surface area contributed by atoms with E-state index in [4.69, 9.17) is 9.63 Å². The van der Waals surface area contributed by atoms with Crippen molar-refractivity contribution < 1.29 is 14.4 Å². The zero-order valence-electron chi connectivity index (χ0n) is 8.39. The lowest BCUT2D eigenvalue weighted by molar-refractivity contribution is 0.0697. The number of hydrogen-bond acceptors (Lipinski definition) is 3. The predicted octanol–water partition coefficient (Wildman–Crippen LogP) is 1.69. The van der Waals surface area contributed by atoms with E-state index >= 15 is 0 Å². The normalized spacial score (nSPS) is 10.5. The van der Waals surface area contributed by atoms with Crippen molar-refractivity contribution in [2.75, 3.05) is 0 Å². The van der Waals surface area contributed by atoms with Crippen LogP contribution in [-0.2, 0) is 7.05 Å². The Balaban J connectivity index is 2.56. The van der Waals surface area contributed by atoms with Gasteiger partial charge in [-0.2, -0.15) is 0 Å². The SMILES string of the molecule is Cc1cc(-c2cn(C)cc2C(=O)O)no1. The molecule has 0 spiro atoms. The number of rotatable bonds is 2. The van der Waals surface area contributed by atoms with Crippen LogP contribution in [0.2, 0.25) is 0 Å². The quantitative estimate of drug-likeness (QED) is 0.811. The molecule has 5 heteroatoms. The largest absolute Gasteiger partial charge is 0.478 e. The first-order chi connectivity index (χ1) is 7.08. The number of aryl methyl sites for hydroxylation is 2. The number of aromatic carboxylic acids is 1. The monoisotopic (exact) mass is 206 g/mol. The molecule has 78 valence electrons. The Morgan fingerprint density at radius 1 is 1.53 bits per heavy atom. The van der Waals surface area contributed by atoms with Crippen LogP contribution in [0.4, 0.5) is 0 Å². The van der Waals surface area contributed by atoms with Crippen molar-refractivity contribution in [3.05, 3.63) is 29.8 Å². The molecule has 2 aromatic heterocycles. The van der Waals surface area contributed by atoms with Gasteiger partial charge in [0.1, 0.15) is 11.5 Å². The molecule has 0 atom stereocenters. The van der Waals surface area contributed by atoms with Gasteiger partial charge in [-0.15, -0.1) is 0 Å². The van der Waals surface area contributed by atoms with Crippen molar-refractivity contribution in [1.82, 2.24) is 9.72 Å². The van der Waals surface area contributed by atoms with E-state index in [9.17, 15) is 4.79 Å². The summed E-state index contributed by atoms with van der Waals surface area (Å²) in [4.78, 5) is 10.9. The minimum atomic E-state index is -0.966. The first-order valence-corrected chi connectivity index (χ1v) is 4.41. The van der Waals surface area contributed by atoms with Crippen molar-refractivity contribution >= 4 is 5.97 Å².